The number of hydrogen-bond acceptors (Lipinski definition) is 3. The maximum Gasteiger partial charge on any atom is 0.265 e. The van der Waals surface area contributed by atoms with Gasteiger partial charge in [0, 0.05) is 29.7 Å². The molecule has 4 heteroatoms. The van der Waals surface area contributed by atoms with Crippen molar-refractivity contribution in [2.24, 2.45) is 0 Å². The lowest BCUT2D eigenvalue weighted by atomic mass is 10.1. The fourth-order valence-corrected chi connectivity index (χ4v) is 1.45. The van der Waals surface area contributed by atoms with E-state index in [0.717, 1.165) is 16.7 Å². The average molecular weight is 211 g/mol. The molecule has 0 saturated heterocycles. The number of aryl methyl sites for hydroxylation is 1. The van der Waals surface area contributed by atoms with Gasteiger partial charge in [0.05, 0.1) is 0 Å². The minimum Gasteiger partial charge on any atom is -0.327 e. The standard InChI is InChI=1S/C12H9N3O/c1-8-2-10(6-14-5-8)11-3-9(4-13)12(16)15-7-11/h2-3,5-7H,1H3,(H,15,16). The third kappa shape index (κ3) is 1.84. The molecule has 0 radical (unpaired) electrons. The molecule has 0 fully saturated rings. The van der Waals surface area contributed by atoms with E-state index in [9.17, 15) is 4.79 Å². The Balaban J connectivity index is 2.58. The Kier molecular flexibility index (Phi) is 2.52. The van der Waals surface area contributed by atoms with Gasteiger partial charge in [0.2, 0.25) is 0 Å². The Morgan fingerprint density at radius 1 is 1.31 bits per heavy atom. The third-order valence-electron chi connectivity index (χ3n) is 2.23. The van der Waals surface area contributed by atoms with Gasteiger partial charge in [-0.05, 0) is 24.6 Å². The normalized spacial score (nSPS) is 9.75. The molecule has 0 aliphatic rings. The monoisotopic (exact) mass is 211 g/mol. The first kappa shape index (κ1) is 10.1. The minimum atomic E-state index is -0.369. The molecule has 1 N–H and O–H groups in total. The molecule has 0 saturated carbocycles. The van der Waals surface area contributed by atoms with Gasteiger partial charge in [0.1, 0.15) is 11.6 Å². The van der Waals surface area contributed by atoms with E-state index < -0.39 is 0 Å². The van der Waals surface area contributed by atoms with Crippen LogP contribution < -0.4 is 5.56 Å². The van der Waals surface area contributed by atoms with Crippen molar-refractivity contribution in [3.8, 4) is 17.2 Å². The van der Waals surface area contributed by atoms with Gasteiger partial charge >= 0.3 is 0 Å². The van der Waals surface area contributed by atoms with Crippen LogP contribution in [0.15, 0.2) is 35.5 Å². The summed E-state index contributed by atoms with van der Waals surface area (Å²) in [6, 6.07) is 5.37. The van der Waals surface area contributed by atoms with Crippen molar-refractivity contribution in [3.05, 3.63) is 52.2 Å². The van der Waals surface area contributed by atoms with Gasteiger partial charge in [-0.2, -0.15) is 5.26 Å². The number of rotatable bonds is 1. The number of nitriles is 1. The molecule has 2 aromatic heterocycles. The first-order valence-electron chi connectivity index (χ1n) is 4.75. The van der Waals surface area contributed by atoms with Crippen LogP contribution in [0.1, 0.15) is 11.1 Å². The highest BCUT2D eigenvalue weighted by molar-refractivity contribution is 5.63. The van der Waals surface area contributed by atoms with Crippen LogP contribution in [0.5, 0.6) is 0 Å². The van der Waals surface area contributed by atoms with Gasteiger partial charge in [0.15, 0.2) is 0 Å². The largest absolute Gasteiger partial charge is 0.327 e. The molecule has 16 heavy (non-hydrogen) atoms. The molecule has 0 aliphatic carbocycles. The first-order chi connectivity index (χ1) is 7.70. The summed E-state index contributed by atoms with van der Waals surface area (Å²) in [5.74, 6) is 0. The van der Waals surface area contributed by atoms with Gasteiger partial charge < -0.3 is 4.98 Å². The predicted molar refractivity (Wildman–Crippen MR) is 59.7 cm³/mol. The van der Waals surface area contributed by atoms with Crippen molar-refractivity contribution in [2.75, 3.05) is 0 Å². The summed E-state index contributed by atoms with van der Waals surface area (Å²) in [5.41, 5.74) is 2.44. The summed E-state index contributed by atoms with van der Waals surface area (Å²) >= 11 is 0. The van der Waals surface area contributed by atoms with Gasteiger partial charge in [-0.25, -0.2) is 0 Å². The maximum absolute atomic E-state index is 11.2. The van der Waals surface area contributed by atoms with Crippen LogP contribution in [0.3, 0.4) is 0 Å². The molecule has 0 spiro atoms. The van der Waals surface area contributed by atoms with Crippen molar-refractivity contribution < 1.29 is 0 Å². The topological polar surface area (TPSA) is 69.5 Å². The molecule has 0 amide bonds. The smallest absolute Gasteiger partial charge is 0.265 e. The minimum absolute atomic E-state index is 0.110. The Morgan fingerprint density at radius 3 is 2.81 bits per heavy atom. The molecule has 0 bridgehead atoms. The zero-order chi connectivity index (χ0) is 11.5. The van der Waals surface area contributed by atoms with Crippen LogP contribution in [-0.2, 0) is 0 Å². The number of hydrogen-bond donors (Lipinski definition) is 1. The van der Waals surface area contributed by atoms with Gasteiger partial charge in [0.25, 0.3) is 5.56 Å². The van der Waals surface area contributed by atoms with Crippen molar-refractivity contribution in [2.45, 2.75) is 6.92 Å². The quantitative estimate of drug-likeness (QED) is 0.779. The zero-order valence-corrected chi connectivity index (χ0v) is 8.69. The van der Waals surface area contributed by atoms with Crippen LogP contribution in [0.25, 0.3) is 11.1 Å². The second-order valence-electron chi connectivity index (χ2n) is 3.49. The lowest BCUT2D eigenvalue weighted by molar-refractivity contribution is 1.21. The van der Waals surface area contributed by atoms with Gasteiger partial charge in [-0.3, -0.25) is 9.78 Å². The van der Waals surface area contributed by atoms with Crippen LogP contribution in [-0.4, -0.2) is 9.97 Å². The van der Waals surface area contributed by atoms with E-state index in [0.29, 0.717) is 0 Å². The second-order valence-corrected chi connectivity index (χ2v) is 3.49. The van der Waals surface area contributed by atoms with E-state index >= 15 is 0 Å². The van der Waals surface area contributed by atoms with Crippen molar-refractivity contribution in [1.82, 2.24) is 9.97 Å². The van der Waals surface area contributed by atoms with E-state index in [1.54, 1.807) is 24.7 Å². The molecule has 0 atom stereocenters. The molecule has 0 aliphatic heterocycles. The summed E-state index contributed by atoms with van der Waals surface area (Å²) in [4.78, 5) is 17.8. The number of pyridine rings is 2. The molecular formula is C12H9N3O. The van der Waals surface area contributed by atoms with E-state index in [4.69, 9.17) is 5.26 Å². The first-order valence-corrected chi connectivity index (χ1v) is 4.75. The summed E-state index contributed by atoms with van der Waals surface area (Å²) in [6.07, 6.45) is 5.03. The number of aromatic nitrogens is 2. The highest BCUT2D eigenvalue weighted by Gasteiger charge is 2.03. The van der Waals surface area contributed by atoms with E-state index in [2.05, 4.69) is 9.97 Å². The number of H-pyrrole nitrogens is 1. The summed E-state index contributed by atoms with van der Waals surface area (Å²) in [7, 11) is 0. The number of aromatic amines is 1. The van der Waals surface area contributed by atoms with Crippen molar-refractivity contribution in [3.63, 3.8) is 0 Å². The molecular weight excluding hydrogens is 202 g/mol. The Morgan fingerprint density at radius 2 is 2.12 bits per heavy atom. The molecule has 2 heterocycles. The summed E-state index contributed by atoms with van der Waals surface area (Å²) < 4.78 is 0. The summed E-state index contributed by atoms with van der Waals surface area (Å²) in [6.45, 7) is 1.94. The molecule has 0 unspecified atom stereocenters. The molecule has 78 valence electrons. The Bertz CT molecular complexity index is 623. The number of nitrogens with zero attached hydrogens (tertiary/aromatic N) is 2. The Hall–Kier alpha value is -2.41. The van der Waals surface area contributed by atoms with Crippen LogP contribution in [0.2, 0.25) is 0 Å². The summed E-state index contributed by atoms with van der Waals surface area (Å²) in [5, 5.41) is 8.76. The number of nitrogens with one attached hydrogen (secondary N) is 1. The zero-order valence-electron chi connectivity index (χ0n) is 8.69. The fraction of sp³-hybridized carbons (Fsp3) is 0.0833. The lowest BCUT2D eigenvalue weighted by Gasteiger charge is -2.01. The third-order valence-corrected chi connectivity index (χ3v) is 2.23. The van der Waals surface area contributed by atoms with Crippen LogP contribution in [0, 0.1) is 18.3 Å². The van der Waals surface area contributed by atoms with Crippen molar-refractivity contribution >= 4 is 0 Å². The van der Waals surface area contributed by atoms with Gasteiger partial charge in [-0.15, -0.1) is 0 Å². The van der Waals surface area contributed by atoms with E-state index in [-0.39, 0.29) is 11.1 Å². The van der Waals surface area contributed by atoms with E-state index in [1.165, 1.54) is 0 Å². The average Bonchev–Trinajstić information content (AvgIpc) is 2.29. The van der Waals surface area contributed by atoms with Crippen molar-refractivity contribution in [1.29, 1.82) is 5.26 Å². The van der Waals surface area contributed by atoms with Crippen LogP contribution in [0.4, 0.5) is 0 Å². The highest BCUT2D eigenvalue weighted by Crippen LogP contribution is 2.17. The van der Waals surface area contributed by atoms with Crippen LogP contribution >= 0.6 is 0 Å². The lowest BCUT2D eigenvalue weighted by Crippen LogP contribution is -2.08. The molecule has 4 nitrogen and oxygen atoms in total. The highest BCUT2D eigenvalue weighted by atomic mass is 16.1. The SMILES string of the molecule is Cc1cncc(-c2c[nH]c(=O)c(C#N)c2)c1. The fourth-order valence-electron chi connectivity index (χ4n) is 1.45. The van der Waals surface area contributed by atoms with Gasteiger partial charge in [-0.1, -0.05) is 0 Å². The Labute approximate surface area is 92.2 Å². The molecule has 0 aromatic carbocycles. The predicted octanol–water partition coefficient (Wildman–Crippen LogP) is 1.62. The molecule has 2 aromatic rings. The maximum atomic E-state index is 11.2. The second kappa shape index (κ2) is 3.99. The van der Waals surface area contributed by atoms with E-state index in [1.807, 2.05) is 19.1 Å². The molecule has 2 rings (SSSR count).